The monoisotopic (exact) mass is 222 g/mol. The van der Waals surface area contributed by atoms with Crippen molar-refractivity contribution in [1.29, 1.82) is 0 Å². The molecule has 1 aromatic heterocycles. The summed E-state index contributed by atoms with van der Waals surface area (Å²) in [6.07, 6.45) is 2.96. The van der Waals surface area contributed by atoms with Crippen molar-refractivity contribution in [1.82, 2.24) is 9.88 Å². The second-order valence-electron chi connectivity index (χ2n) is 4.56. The van der Waals surface area contributed by atoms with Gasteiger partial charge in [0.05, 0.1) is 0 Å². The number of pyridine rings is 1. The minimum Gasteiger partial charge on any atom is -0.315 e. The first-order valence-corrected chi connectivity index (χ1v) is 6.04. The fourth-order valence-corrected chi connectivity index (χ4v) is 1.66. The third kappa shape index (κ3) is 3.81. The maximum atomic E-state index is 12.0. The van der Waals surface area contributed by atoms with Crippen LogP contribution in [0, 0.1) is 5.92 Å². The molecule has 0 bridgehead atoms. The van der Waals surface area contributed by atoms with E-state index in [1.807, 2.05) is 18.3 Å². The Hall–Kier alpha value is -1.09. The Kier molecular flexibility index (Phi) is 5.26. The summed E-state index contributed by atoms with van der Waals surface area (Å²) in [5.41, 5.74) is 0.997. The van der Waals surface area contributed by atoms with E-state index in [1.54, 1.807) is 4.57 Å². The molecule has 0 aromatic carbocycles. The van der Waals surface area contributed by atoms with Gasteiger partial charge < -0.3 is 9.88 Å². The lowest BCUT2D eigenvalue weighted by Gasteiger charge is -2.10. The molecule has 90 valence electrons. The van der Waals surface area contributed by atoms with Crippen molar-refractivity contribution < 1.29 is 0 Å². The van der Waals surface area contributed by atoms with Crippen LogP contribution in [-0.2, 0) is 13.1 Å². The van der Waals surface area contributed by atoms with Gasteiger partial charge in [-0.25, -0.2) is 0 Å². The van der Waals surface area contributed by atoms with E-state index in [9.17, 15) is 4.79 Å². The molecular formula is C13H22N2O. The summed E-state index contributed by atoms with van der Waals surface area (Å²) in [6.45, 7) is 8.78. The molecule has 0 atom stereocenters. The van der Waals surface area contributed by atoms with Gasteiger partial charge in [-0.15, -0.1) is 0 Å². The highest BCUT2D eigenvalue weighted by molar-refractivity contribution is 5.10. The fraction of sp³-hybridized carbons (Fsp3) is 0.615. The van der Waals surface area contributed by atoms with Gasteiger partial charge in [-0.3, -0.25) is 4.79 Å². The summed E-state index contributed by atoms with van der Waals surface area (Å²) in [5.74, 6) is 0.497. The van der Waals surface area contributed by atoms with Gasteiger partial charge in [-0.2, -0.15) is 0 Å². The molecule has 0 saturated heterocycles. The maximum Gasteiger partial charge on any atom is 0.255 e. The second-order valence-corrected chi connectivity index (χ2v) is 4.56. The Balaban J connectivity index is 2.74. The number of nitrogens with one attached hydrogen (secondary N) is 1. The van der Waals surface area contributed by atoms with Crippen molar-refractivity contribution in [2.75, 3.05) is 6.54 Å². The van der Waals surface area contributed by atoms with E-state index >= 15 is 0 Å². The molecule has 0 spiro atoms. The van der Waals surface area contributed by atoms with Crippen LogP contribution < -0.4 is 10.9 Å². The van der Waals surface area contributed by atoms with E-state index in [4.69, 9.17) is 0 Å². The van der Waals surface area contributed by atoms with Crippen molar-refractivity contribution in [3.05, 3.63) is 34.2 Å². The zero-order chi connectivity index (χ0) is 12.0. The highest BCUT2D eigenvalue weighted by Crippen LogP contribution is 1.98. The van der Waals surface area contributed by atoms with E-state index in [2.05, 4.69) is 26.1 Å². The summed E-state index contributed by atoms with van der Waals surface area (Å²) in [7, 11) is 0. The first-order chi connectivity index (χ1) is 7.65. The molecule has 0 unspecified atom stereocenters. The topological polar surface area (TPSA) is 34.0 Å². The van der Waals surface area contributed by atoms with Gasteiger partial charge in [0.25, 0.3) is 5.56 Å². The number of rotatable bonds is 6. The van der Waals surface area contributed by atoms with E-state index in [0.29, 0.717) is 12.5 Å². The van der Waals surface area contributed by atoms with Crippen LogP contribution in [0.5, 0.6) is 0 Å². The Labute approximate surface area is 97.5 Å². The summed E-state index contributed by atoms with van der Waals surface area (Å²) in [6, 6.07) is 3.86. The molecular weight excluding hydrogens is 200 g/mol. The van der Waals surface area contributed by atoms with Crippen LogP contribution in [0.25, 0.3) is 0 Å². The largest absolute Gasteiger partial charge is 0.315 e. The van der Waals surface area contributed by atoms with E-state index in [0.717, 1.165) is 25.1 Å². The van der Waals surface area contributed by atoms with Gasteiger partial charge in [0.2, 0.25) is 0 Å². The van der Waals surface area contributed by atoms with Crippen LogP contribution in [0.2, 0.25) is 0 Å². The molecule has 1 aromatic rings. The molecule has 16 heavy (non-hydrogen) atoms. The second kappa shape index (κ2) is 6.48. The third-order valence-electron chi connectivity index (χ3n) is 2.40. The van der Waals surface area contributed by atoms with Gasteiger partial charge in [0.15, 0.2) is 0 Å². The van der Waals surface area contributed by atoms with E-state index < -0.39 is 0 Å². The molecule has 0 aliphatic rings. The van der Waals surface area contributed by atoms with Gasteiger partial charge in [0.1, 0.15) is 0 Å². The summed E-state index contributed by atoms with van der Waals surface area (Å²) in [4.78, 5) is 12.0. The minimum atomic E-state index is 0.139. The van der Waals surface area contributed by atoms with Crippen molar-refractivity contribution in [3.8, 4) is 0 Å². The molecule has 3 heteroatoms. The molecule has 0 aliphatic carbocycles. The van der Waals surface area contributed by atoms with Crippen LogP contribution in [0.4, 0.5) is 0 Å². The third-order valence-corrected chi connectivity index (χ3v) is 2.40. The number of hydrogen-bond acceptors (Lipinski definition) is 2. The number of hydrogen-bond donors (Lipinski definition) is 1. The Bertz CT molecular complexity index is 368. The average molecular weight is 222 g/mol. The van der Waals surface area contributed by atoms with E-state index in [1.165, 1.54) is 0 Å². The van der Waals surface area contributed by atoms with Crippen molar-refractivity contribution >= 4 is 0 Å². The SMILES string of the molecule is CCCNCc1cccn(CC(C)C)c1=O. The van der Waals surface area contributed by atoms with Crippen LogP contribution in [-0.4, -0.2) is 11.1 Å². The zero-order valence-corrected chi connectivity index (χ0v) is 10.5. The Morgan fingerprint density at radius 3 is 2.81 bits per heavy atom. The summed E-state index contributed by atoms with van der Waals surface area (Å²) in [5, 5.41) is 3.26. The first kappa shape index (κ1) is 13.0. The lowest BCUT2D eigenvalue weighted by molar-refractivity contribution is 0.506. The van der Waals surface area contributed by atoms with Crippen LogP contribution in [0.15, 0.2) is 23.1 Å². The predicted molar refractivity (Wildman–Crippen MR) is 67.5 cm³/mol. The summed E-state index contributed by atoms with van der Waals surface area (Å²) >= 11 is 0. The van der Waals surface area contributed by atoms with Gasteiger partial charge in [-0.1, -0.05) is 26.8 Å². The standard InChI is InChI=1S/C13H22N2O/c1-4-7-14-9-12-6-5-8-15(13(12)16)10-11(2)3/h5-6,8,11,14H,4,7,9-10H2,1-3H3. The zero-order valence-electron chi connectivity index (χ0n) is 10.5. The van der Waals surface area contributed by atoms with Crippen molar-refractivity contribution in [3.63, 3.8) is 0 Å². The van der Waals surface area contributed by atoms with Gasteiger partial charge >= 0.3 is 0 Å². The molecule has 1 rings (SSSR count). The Morgan fingerprint density at radius 2 is 2.19 bits per heavy atom. The average Bonchev–Trinajstić information content (AvgIpc) is 2.23. The lowest BCUT2D eigenvalue weighted by atomic mass is 10.2. The highest BCUT2D eigenvalue weighted by Gasteiger charge is 2.03. The van der Waals surface area contributed by atoms with Crippen LogP contribution in [0.1, 0.15) is 32.8 Å². The fourth-order valence-electron chi connectivity index (χ4n) is 1.66. The lowest BCUT2D eigenvalue weighted by Crippen LogP contribution is -2.28. The number of aromatic nitrogens is 1. The maximum absolute atomic E-state index is 12.0. The minimum absolute atomic E-state index is 0.139. The molecule has 0 radical (unpaired) electrons. The number of nitrogens with zero attached hydrogens (tertiary/aromatic N) is 1. The van der Waals surface area contributed by atoms with Crippen LogP contribution in [0.3, 0.4) is 0 Å². The molecule has 0 saturated carbocycles. The Morgan fingerprint density at radius 1 is 1.44 bits per heavy atom. The quantitative estimate of drug-likeness (QED) is 0.747. The molecule has 0 fully saturated rings. The highest BCUT2D eigenvalue weighted by atomic mass is 16.1. The molecule has 1 N–H and O–H groups in total. The van der Waals surface area contributed by atoms with Crippen LogP contribution >= 0.6 is 0 Å². The normalized spacial score (nSPS) is 11.0. The predicted octanol–water partition coefficient (Wildman–Crippen LogP) is 2.00. The van der Waals surface area contributed by atoms with Gasteiger partial charge in [-0.05, 0) is 24.9 Å². The first-order valence-electron chi connectivity index (χ1n) is 6.04. The molecule has 3 nitrogen and oxygen atoms in total. The molecule has 1 heterocycles. The van der Waals surface area contributed by atoms with Crippen molar-refractivity contribution in [2.24, 2.45) is 5.92 Å². The summed E-state index contributed by atoms with van der Waals surface area (Å²) < 4.78 is 1.80. The molecule has 0 amide bonds. The smallest absolute Gasteiger partial charge is 0.255 e. The van der Waals surface area contributed by atoms with Gasteiger partial charge in [0, 0.05) is 24.8 Å². The van der Waals surface area contributed by atoms with E-state index in [-0.39, 0.29) is 5.56 Å². The molecule has 0 aliphatic heterocycles. The van der Waals surface area contributed by atoms with Crippen molar-refractivity contribution in [2.45, 2.75) is 40.3 Å².